The Morgan fingerprint density at radius 2 is 1.71 bits per heavy atom. The van der Waals surface area contributed by atoms with Crippen molar-refractivity contribution in [1.82, 2.24) is 14.9 Å². The fourth-order valence-corrected chi connectivity index (χ4v) is 4.03. The monoisotopic (exact) mass is 463 g/mol. The standard InChI is InChI=1S/C22H16F2N2O2.C5H11N/c1-26-21(16-5-3-4-6-20(16)28-2)25-19-10-7-13(11-17(19)22(26)27)15-9-8-14(23)12-18(15)24;1-2-4-6-5-3-1/h3-12H,1-2H3;6H,1-5H2. The van der Waals surface area contributed by atoms with Crippen molar-refractivity contribution in [3.05, 3.63) is 82.7 Å². The summed E-state index contributed by atoms with van der Waals surface area (Å²) in [5.41, 5.74) is 1.61. The Hall–Kier alpha value is -3.58. The van der Waals surface area contributed by atoms with Crippen molar-refractivity contribution < 1.29 is 13.5 Å². The highest BCUT2D eigenvalue weighted by molar-refractivity contribution is 5.85. The fourth-order valence-electron chi connectivity index (χ4n) is 4.03. The quantitative estimate of drug-likeness (QED) is 0.447. The highest BCUT2D eigenvalue weighted by atomic mass is 19.1. The van der Waals surface area contributed by atoms with Crippen LogP contribution in [0, 0.1) is 11.6 Å². The lowest BCUT2D eigenvalue weighted by Gasteiger charge is -2.13. The Morgan fingerprint density at radius 1 is 0.941 bits per heavy atom. The van der Waals surface area contributed by atoms with Crippen LogP contribution in [0.25, 0.3) is 33.4 Å². The van der Waals surface area contributed by atoms with Crippen molar-refractivity contribution in [3.63, 3.8) is 0 Å². The smallest absolute Gasteiger partial charge is 0.261 e. The Bertz CT molecular complexity index is 1350. The molecular weight excluding hydrogens is 436 g/mol. The fraction of sp³-hybridized carbons (Fsp3) is 0.259. The zero-order chi connectivity index (χ0) is 24.1. The molecular formula is C27H27F2N3O2. The van der Waals surface area contributed by atoms with Crippen LogP contribution in [0.5, 0.6) is 5.75 Å². The van der Waals surface area contributed by atoms with Crippen molar-refractivity contribution in [2.75, 3.05) is 20.2 Å². The molecule has 0 unspecified atom stereocenters. The molecule has 176 valence electrons. The predicted molar refractivity (Wildman–Crippen MR) is 131 cm³/mol. The normalized spacial score (nSPS) is 13.3. The number of para-hydroxylation sites is 1. The van der Waals surface area contributed by atoms with Gasteiger partial charge in [0.05, 0.1) is 23.6 Å². The molecule has 0 spiro atoms. The third kappa shape index (κ3) is 4.99. The molecule has 0 amide bonds. The number of ether oxygens (including phenoxy) is 1. The van der Waals surface area contributed by atoms with Gasteiger partial charge in [0.15, 0.2) is 0 Å². The minimum atomic E-state index is -0.685. The van der Waals surface area contributed by atoms with E-state index in [1.165, 1.54) is 49.1 Å². The third-order valence-corrected chi connectivity index (χ3v) is 5.87. The Balaban J connectivity index is 0.000000398. The van der Waals surface area contributed by atoms with Gasteiger partial charge in [-0.15, -0.1) is 0 Å². The minimum absolute atomic E-state index is 0.221. The lowest BCUT2D eigenvalue weighted by atomic mass is 10.0. The molecule has 5 rings (SSSR count). The van der Waals surface area contributed by atoms with Crippen molar-refractivity contribution in [2.24, 2.45) is 7.05 Å². The largest absolute Gasteiger partial charge is 0.496 e. The van der Waals surface area contributed by atoms with Gasteiger partial charge in [-0.3, -0.25) is 9.36 Å². The van der Waals surface area contributed by atoms with Crippen LogP contribution in [-0.2, 0) is 7.05 Å². The number of piperidine rings is 1. The van der Waals surface area contributed by atoms with E-state index in [4.69, 9.17) is 4.74 Å². The first-order valence-electron chi connectivity index (χ1n) is 11.3. The molecule has 2 heterocycles. The molecule has 1 N–H and O–H groups in total. The molecule has 34 heavy (non-hydrogen) atoms. The molecule has 0 radical (unpaired) electrons. The van der Waals surface area contributed by atoms with Gasteiger partial charge in [-0.2, -0.15) is 0 Å². The summed E-state index contributed by atoms with van der Waals surface area (Å²) in [6.07, 6.45) is 4.22. The van der Waals surface area contributed by atoms with Gasteiger partial charge in [0.25, 0.3) is 5.56 Å². The van der Waals surface area contributed by atoms with E-state index in [-0.39, 0.29) is 11.1 Å². The highest BCUT2D eigenvalue weighted by Gasteiger charge is 2.15. The molecule has 1 aliphatic rings. The Kier molecular flexibility index (Phi) is 7.33. The number of fused-ring (bicyclic) bond motifs is 1. The van der Waals surface area contributed by atoms with Gasteiger partial charge < -0.3 is 10.1 Å². The van der Waals surface area contributed by atoms with E-state index >= 15 is 0 Å². The summed E-state index contributed by atoms with van der Waals surface area (Å²) >= 11 is 0. The molecule has 4 aromatic rings. The number of nitrogens with zero attached hydrogens (tertiary/aromatic N) is 2. The molecule has 0 saturated carbocycles. The number of hydrogen-bond acceptors (Lipinski definition) is 4. The van der Waals surface area contributed by atoms with Gasteiger partial charge in [-0.05, 0) is 67.9 Å². The first kappa shape index (κ1) is 23.6. The van der Waals surface area contributed by atoms with Crippen LogP contribution in [0.3, 0.4) is 0 Å². The maximum absolute atomic E-state index is 14.1. The van der Waals surface area contributed by atoms with E-state index in [1.807, 2.05) is 18.2 Å². The molecule has 1 saturated heterocycles. The second-order valence-electron chi connectivity index (χ2n) is 8.17. The van der Waals surface area contributed by atoms with E-state index in [2.05, 4.69) is 10.3 Å². The van der Waals surface area contributed by atoms with Crippen LogP contribution in [-0.4, -0.2) is 29.8 Å². The average Bonchev–Trinajstić information content (AvgIpc) is 2.87. The molecule has 7 heteroatoms. The number of nitrogens with one attached hydrogen (secondary N) is 1. The molecule has 1 aromatic heterocycles. The molecule has 3 aromatic carbocycles. The van der Waals surface area contributed by atoms with Crippen molar-refractivity contribution in [1.29, 1.82) is 0 Å². The van der Waals surface area contributed by atoms with E-state index in [9.17, 15) is 13.6 Å². The average molecular weight is 464 g/mol. The van der Waals surface area contributed by atoms with Gasteiger partial charge in [0, 0.05) is 18.7 Å². The molecule has 1 aliphatic heterocycles. The van der Waals surface area contributed by atoms with Crippen LogP contribution >= 0.6 is 0 Å². The topological polar surface area (TPSA) is 56.1 Å². The molecule has 0 atom stereocenters. The Morgan fingerprint density at radius 3 is 2.35 bits per heavy atom. The summed E-state index contributed by atoms with van der Waals surface area (Å²) in [6.45, 7) is 2.50. The molecule has 5 nitrogen and oxygen atoms in total. The highest BCUT2D eigenvalue weighted by Crippen LogP contribution is 2.30. The van der Waals surface area contributed by atoms with Gasteiger partial charge in [0.1, 0.15) is 23.2 Å². The number of halogens is 2. The SMILES string of the molecule is C1CCNCC1.COc1ccccc1-c1nc2ccc(-c3ccc(F)cc3F)cc2c(=O)n1C. The first-order chi connectivity index (χ1) is 16.5. The van der Waals surface area contributed by atoms with Crippen molar-refractivity contribution in [3.8, 4) is 28.3 Å². The van der Waals surface area contributed by atoms with Crippen molar-refractivity contribution >= 4 is 10.9 Å². The third-order valence-electron chi connectivity index (χ3n) is 5.87. The Labute approximate surface area is 197 Å². The van der Waals surface area contributed by atoms with Crippen LogP contribution < -0.4 is 15.6 Å². The minimum Gasteiger partial charge on any atom is -0.496 e. The maximum Gasteiger partial charge on any atom is 0.261 e. The number of hydrogen-bond donors (Lipinski definition) is 1. The summed E-state index contributed by atoms with van der Waals surface area (Å²) in [4.78, 5) is 17.6. The summed E-state index contributed by atoms with van der Waals surface area (Å²) in [7, 11) is 3.18. The van der Waals surface area contributed by atoms with Crippen LogP contribution in [0.15, 0.2) is 65.5 Å². The lowest BCUT2D eigenvalue weighted by Crippen LogP contribution is -2.21. The zero-order valence-electron chi connectivity index (χ0n) is 19.3. The molecule has 0 bridgehead atoms. The van der Waals surface area contributed by atoms with E-state index in [0.29, 0.717) is 33.6 Å². The van der Waals surface area contributed by atoms with Gasteiger partial charge in [-0.1, -0.05) is 24.6 Å². The summed E-state index contributed by atoms with van der Waals surface area (Å²) < 4.78 is 34.1. The van der Waals surface area contributed by atoms with Gasteiger partial charge in [0.2, 0.25) is 0 Å². The van der Waals surface area contributed by atoms with E-state index < -0.39 is 11.6 Å². The van der Waals surface area contributed by atoms with Crippen LogP contribution in [0.1, 0.15) is 19.3 Å². The van der Waals surface area contributed by atoms with Gasteiger partial charge >= 0.3 is 0 Å². The predicted octanol–water partition coefficient (Wildman–Crippen LogP) is 5.31. The van der Waals surface area contributed by atoms with Gasteiger partial charge in [-0.25, -0.2) is 13.8 Å². The zero-order valence-corrected chi connectivity index (χ0v) is 19.3. The second kappa shape index (κ2) is 10.6. The summed E-state index contributed by atoms with van der Waals surface area (Å²) in [6, 6.07) is 15.6. The molecule has 0 aliphatic carbocycles. The van der Waals surface area contributed by atoms with Crippen LogP contribution in [0.2, 0.25) is 0 Å². The second-order valence-corrected chi connectivity index (χ2v) is 8.17. The number of aromatic nitrogens is 2. The number of benzene rings is 3. The van der Waals surface area contributed by atoms with E-state index in [1.54, 1.807) is 38.4 Å². The maximum atomic E-state index is 14.1. The molecule has 1 fully saturated rings. The number of rotatable bonds is 3. The summed E-state index contributed by atoms with van der Waals surface area (Å²) in [5.74, 6) is -0.263. The lowest BCUT2D eigenvalue weighted by molar-refractivity contribution is 0.416. The van der Waals surface area contributed by atoms with E-state index in [0.717, 1.165) is 6.07 Å². The van der Waals surface area contributed by atoms with Crippen LogP contribution in [0.4, 0.5) is 8.78 Å². The van der Waals surface area contributed by atoms with Crippen molar-refractivity contribution in [2.45, 2.75) is 19.3 Å². The summed E-state index contributed by atoms with van der Waals surface area (Å²) in [5, 5.41) is 3.63. The first-order valence-corrected chi connectivity index (χ1v) is 11.3. The number of methoxy groups -OCH3 is 1.